The minimum absolute atomic E-state index is 0.0456. The highest BCUT2D eigenvalue weighted by molar-refractivity contribution is 6.03. The van der Waals surface area contributed by atoms with Crippen molar-refractivity contribution in [1.29, 1.82) is 0 Å². The van der Waals surface area contributed by atoms with E-state index >= 15 is 0 Å². The van der Waals surface area contributed by atoms with Crippen LogP contribution in [0.4, 0.5) is 11.5 Å². The number of hydrogen-bond acceptors (Lipinski definition) is 4. The number of nitrogens with zero attached hydrogens (tertiary/aromatic N) is 3. The number of hydrogen-bond donors (Lipinski definition) is 2. The fourth-order valence-electron chi connectivity index (χ4n) is 3.50. The average molecular weight is 357 g/mol. The van der Waals surface area contributed by atoms with Gasteiger partial charge in [0.2, 0.25) is 5.91 Å². The van der Waals surface area contributed by atoms with Crippen LogP contribution in [0.2, 0.25) is 0 Å². The molecule has 1 amide bonds. The first-order valence-electron chi connectivity index (χ1n) is 9.00. The van der Waals surface area contributed by atoms with Gasteiger partial charge >= 0.3 is 0 Å². The molecular formula is C21H19N5O. The Balaban J connectivity index is 1.63. The molecule has 1 saturated carbocycles. The van der Waals surface area contributed by atoms with Gasteiger partial charge in [0.1, 0.15) is 5.82 Å². The van der Waals surface area contributed by atoms with Crippen molar-refractivity contribution in [3.8, 4) is 11.1 Å². The van der Waals surface area contributed by atoms with Crippen molar-refractivity contribution in [2.75, 3.05) is 11.1 Å². The maximum atomic E-state index is 12.0. The molecule has 0 aliphatic heterocycles. The van der Waals surface area contributed by atoms with Crippen molar-refractivity contribution >= 4 is 39.1 Å². The second-order valence-corrected chi connectivity index (χ2v) is 7.17. The van der Waals surface area contributed by atoms with Crippen LogP contribution in [0, 0.1) is 5.92 Å². The zero-order chi connectivity index (χ0) is 18.5. The number of nitrogens with one attached hydrogen (secondary N) is 1. The van der Waals surface area contributed by atoms with Gasteiger partial charge in [0.25, 0.3) is 0 Å². The van der Waals surface area contributed by atoms with Gasteiger partial charge in [-0.1, -0.05) is 0 Å². The number of rotatable bonds is 3. The molecule has 1 aromatic carbocycles. The maximum absolute atomic E-state index is 12.0. The fourth-order valence-corrected chi connectivity index (χ4v) is 3.50. The predicted octanol–water partition coefficient (Wildman–Crippen LogP) is 3.72. The smallest absolute Gasteiger partial charge is 0.228 e. The van der Waals surface area contributed by atoms with Gasteiger partial charge in [0, 0.05) is 53.6 Å². The van der Waals surface area contributed by atoms with E-state index in [1.165, 1.54) is 0 Å². The van der Waals surface area contributed by atoms with Gasteiger partial charge in [0.05, 0.1) is 11.7 Å². The van der Waals surface area contributed by atoms with Crippen molar-refractivity contribution in [2.45, 2.75) is 12.8 Å². The Morgan fingerprint density at radius 1 is 1.19 bits per heavy atom. The molecule has 3 aromatic heterocycles. The van der Waals surface area contributed by atoms with Gasteiger partial charge in [-0.2, -0.15) is 0 Å². The molecule has 0 saturated heterocycles. The number of pyridine rings is 2. The Kier molecular flexibility index (Phi) is 3.40. The van der Waals surface area contributed by atoms with Crippen molar-refractivity contribution < 1.29 is 4.79 Å². The first kappa shape index (κ1) is 15.8. The molecule has 6 nitrogen and oxygen atoms in total. The van der Waals surface area contributed by atoms with E-state index in [0.717, 1.165) is 45.6 Å². The molecule has 3 heterocycles. The number of carbonyl (C=O) groups excluding carboxylic acids is 1. The third-order valence-electron chi connectivity index (χ3n) is 5.19. The van der Waals surface area contributed by atoms with Crippen LogP contribution in [-0.4, -0.2) is 20.4 Å². The molecule has 3 N–H and O–H groups in total. The van der Waals surface area contributed by atoms with E-state index in [0.29, 0.717) is 11.5 Å². The van der Waals surface area contributed by atoms with E-state index in [-0.39, 0.29) is 11.8 Å². The number of aromatic nitrogens is 3. The summed E-state index contributed by atoms with van der Waals surface area (Å²) in [5.74, 6) is 0.747. The van der Waals surface area contributed by atoms with Crippen LogP contribution in [-0.2, 0) is 11.8 Å². The van der Waals surface area contributed by atoms with Crippen molar-refractivity contribution in [3.05, 3.63) is 49.1 Å². The Labute approximate surface area is 156 Å². The van der Waals surface area contributed by atoms with E-state index in [4.69, 9.17) is 5.73 Å². The molecule has 5 rings (SSSR count). The lowest BCUT2D eigenvalue weighted by Crippen LogP contribution is -2.14. The first-order chi connectivity index (χ1) is 13.1. The Hall–Kier alpha value is -3.41. The van der Waals surface area contributed by atoms with E-state index in [1.54, 1.807) is 6.20 Å². The molecule has 0 bridgehead atoms. The first-order valence-corrected chi connectivity index (χ1v) is 9.00. The quantitative estimate of drug-likeness (QED) is 0.547. The minimum atomic E-state index is 0.0456. The molecule has 0 radical (unpaired) electrons. The Morgan fingerprint density at radius 3 is 2.85 bits per heavy atom. The second-order valence-electron chi connectivity index (χ2n) is 7.17. The van der Waals surface area contributed by atoms with Crippen molar-refractivity contribution in [1.82, 2.24) is 14.5 Å². The summed E-state index contributed by atoms with van der Waals surface area (Å²) in [5.41, 5.74) is 10.0. The van der Waals surface area contributed by atoms with Crippen LogP contribution < -0.4 is 11.1 Å². The van der Waals surface area contributed by atoms with Gasteiger partial charge in [-0.25, -0.2) is 4.98 Å². The number of anilines is 2. The molecule has 1 fully saturated rings. The van der Waals surface area contributed by atoms with Crippen molar-refractivity contribution in [2.24, 2.45) is 13.0 Å². The molecule has 1 aliphatic carbocycles. The number of amides is 1. The van der Waals surface area contributed by atoms with E-state index in [2.05, 4.69) is 27.4 Å². The number of nitrogen functional groups attached to an aromatic ring is 1. The number of fused-ring (bicyclic) bond motifs is 2. The summed E-state index contributed by atoms with van der Waals surface area (Å²) in [6, 6.07) is 7.99. The van der Waals surface area contributed by atoms with E-state index in [1.807, 2.05) is 42.3 Å². The number of benzene rings is 1. The average Bonchev–Trinajstić information content (AvgIpc) is 3.45. The molecule has 0 spiro atoms. The summed E-state index contributed by atoms with van der Waals surface area (Å²) in [6.07, 6.45) is 9.39. The molecule has 0 atom stereocenters. The molecule has 134 valence electrons. The lowest BCUT2D eigenvalue weighted by atomic mass is 10.00. The van der Waals surface area contributed by atoms with Crippen LogP contribution in [0.25, 0.3) is 32.8 Å². The van der Waals surface area contributed by atoms with Crippen LogP contribution in [0.5, 0.6) is 0 Å². The minimum Gasteiger partial charge on any atom is -0.398 e. The summed E-state index contributed by atoms with van der Waals surface area (Å²) in [5, 5.41) is 5.84. The second kappa shape index (κ2) is 5.81. The number of nitrogens with two attached hydrogens (primary N) is 1. The highest BCUT2D eigenvalue weighted by atomic mass is 16.2. The summed E-state index contributed by atoms with van der Waals surface area (Å²) in [4.78, 5) is 20.8. The number of carbonyl (C=O) groups is 1. The van der Waals surface area contributed by atoms with Gasteiger partial charge in [-0.05, 0) is 48.1 Å². The topological polar surface area (TPSA) is 85.8 Å². The fraction of sp³-hybridized carbons (Fsp3) is 0.190. The molecule has 0 unspecified atom stereocenters. The van der Waals surface area contributed by atoms with Crippen molar-refractivity contribution in [3.63, 3.8) is 0 Å². The van der Waals surface area contributed by atoms with Crippen LogP contribution >= 0.6 is 0 Å². The Bertz CT molecular complexity index is 1210. The summed E-state index contributed by atoms with van der Waals surface area (Å²) < 4.78 is 2.05. The summed E-state index contributed by atoms with van der Waals surface area (Å²) >= 11 is 0. The lowest BCUT2D eigenvalue weighted by Gasteiger charge is -2.10. The van der Waals surface area contributed by atoms with E-state index in [9.17, 15) is 4.79 Å². The van der Waals surface area contributed by atoms with Gasteiger partial charge in [0.15, 0.2) is 0 Å². The predicted molar refractivity (Wildman–Crippen MR) is 107 cm³/mol. The SMILES string of the molecule is Cn1ccc2c(-c3cc(N)c4cnc(NC(=O)C5CC5)cc4c3)cncc21. The largest absolute Gasteiger partial charge is 0.398 e. The standard InChI is InChI=1S/C21H19N5O/c1-26-5-4-15-16(9-23-11-19(15)26)13-6-14-8-20(25-21(27)12-2-3-12)24-10-17(14)18(22)7-13/h4-12H,2-3,22H2,1H3,(H,24,25,27). The van der Waals surface area contributed by atoms with Crippen LogP contribution in [0.3, 0.4) is 0 Å². The molecule has 6 heteroatoms. The van der Waals surface area contributed by atoms with Gasteiger partial charge in [-0.15, -0.1) is 0 Å². The van der Waals surface area contributed by atoms with E-state index < -0.39 is 0 Å². The highest BCUT2D eigenvalue weighted by Crippen LogP contribution is 2.34. The van der Waals surface area contributed by atoms with Crippen LogP contribution in [0.1, 0.15) is 12.8 Å². The highest BCUT2D eigenvalue weighted by Gasteiger charge is 2.29. The van der Waals surface area contributed by atoms with Gasteiger partial charge < -0.3 is 15.6 Å². The summed E-state index contributed by atoms with van der Waals surface area (Å²) in [7, 11) is 2.00. The maximum Gasteiger partial charge on any atom is 0.228 e. The third-order valence-corrected chi connectivity index (χ3v) is 5.19. The molecule has 27 heavy (non-hydrogen) atoms. The normalized spacial score (nSPS) is 14.0. The molecule has 4 aromatic rings. The molecular weight excluding hydrogens is 338 g/mol. The van der Waals surface area contributed by atoms with Gasteiger partial charge in [-0.3, -0.25) is 9.78 Å². The monoisotopic (exact) mass is 357 g/mol. The molecule has 1 aliphatic rings. The van der Waals surface area contributed by atoms with Crippen LogP contribution in [0.15, 0.2) is 49.1 Å². The zero-order valence-electron chi connectivity index (χ0n) is 14.9. The Morgan fingerprint density at radius 2 is 2.04 bits per heavy atom. The summed E-state index contributed by atoms with van der Waals surface area (Å²) in [6.45, 7) is 0. The number of aryl methyl sites for hydroxylation is 1. The third kappa shape index (κ3) is 2.70. The lowest BCUT2D eigenvalue weighted by molar-refractivity contribution is -0.117. The zero-order valence-corrected chi connectivity index (χ0v) is 14.9.